The summed E-state index contributed by atoms with van der Waals surface area (Å²) in [6, 6.07) is 7.71. The Bertz CT molecular complexity index is 900. The quantitative estimate of drug-likeness (QED) is 0.721. The molecule has 4 atom stereocenters. The summed E-state index contributed by atoms with van der Waals surface area (Å²) in [5.41, 5.74) is 1.93. The second kappa shape index (κ2) is 4.20. The Morgan fingerprint density at radius 3 is 2.57 bits per heavy atom. The van der Waals surface area contributed by atoms with Crippen molar-refractivity contribution in [3.8, 4) is 0 Å². The van der Waals surface area contributed by atoms with Gasteiger partial charge in [0, 0.05) is 5.25 Å². The predicted octanol–water partition coefficient (Wildman–Crippen LogP) is 4.96. The van der Waals surface area contributed by atoms with Gasteiger partial charge in [0.05, 0.1) is 25.7 Å². The number of rotatable bonds is 2. The van der Waals surface area contributed by atoms with Crippen LogP contribution in [0.4, 0.5) is 0 Å². The highest BCUT2D eigenvalue weighted by Crippen LogP contribution is 2.88. The minimum atomic E-state index is -0.0637. The van der Waals surface area contributed by atoms with Gasteiger partial charge in [0.15, 0.2) is 5.43 Å². The van der Waals surface area contributed by atoms with Gasteiger partial charge in [0.25, 0.3) is 0 Å². The Kier molecular flexibility index (Phi) is 2.65. The number of fused-ring (bicyclic) bond motifs is 7. The highest BCUT2D eigenvalue weighted by molar-refractivity contribution is 8.13. The largest absolute Gasteiger partial charge is 0.459 e. The van der Waals surface area contributed by atoms with Crippen molar-refractivity contribution >= 4 is 34.5 Å². The van der Waals surface area contributed by atoms with Crippen LogP contribution in [0.1, 0.15) is 44.3 Å². The first-order valence-corrected chi connectivity index (χ1v) is 10.1. The van der Waals surface area contributed by atoms with Crippen LogP contribution in [0, 0.1) is 11.8 Å². The Balaban J connectivity index is 1.89. The first-order valence-electron chi connectivity index (χ1n) is 8.37. The standard InChI is InChI=1S/C19H20O2S2/c1-9(2)18-13-14(20)11-7-5-6-8-12(11)21-15(13)16-17(22-16)19(18,23-18)10(3)4/h5-10,16-17H,1-4H3. The molecule has 0 bridgehead atoms. The zero-order chi connectivity index (χ0) is 16.1. The van der Waals surface area contributed by atoms with E-state index in [0.29, 0.717) is 22.3 Å². The van der Waals surface area contributed by atoms with Gasteiger partial charge in [-0.25, -0.2) is 0 Å². The maximum absolute atomic E-state index is 13.4. The molecule has 0 spiro atoms. The molecule has 4 unspecified atom stereocenters. The van der Waals surface area contributed by atoms with Crippen LogP contribution < -0.4 is 5.43 Å². The highest BCUT2D eigenvalue weighted by Gasteiger charge is 2.84. The summed E-state index contributed by atoms with van der Waals surface area (Å²) in [7, 11) is 0. The molecule has 1 aromatic carbocycles. The van der Waals surface area contributed by atoms with E-state index in [-0.39, 0.29) is 14.9 Å². The van der Waals surface area contributed by atoms with Gasteiger partial charge in [-0.2, -0.15) is 0 Å². The van der Waals surface area contributed by atoms with Crippen LogP contribution in [0.15, 0.2) is 33.5 Å². The summed E-state index contributed by atoms with van der Waals surface area (Å²) in [5.74, 6) is 1.97. The molecule has 3 aliphatic rings. The van der Waals surface area contributed by atoms with Gasteiger partial charge in [-0.05, 0) is 24.0 Å². The summed E-state index contributed by atoms with van der Waals surface area (Å²) in [5, 5.41) is 1.72. The maximum atomic E-state index is 13.4. The fourth-order valence-electron chi connectivity index (χ4n) is 4.84. The Hall–Kier alpha value is -0.870. The topological polar surface area (TPSA) is 30.2 Å². The van der Waals surface area contributed by atoms with Crippen LogP contribution in [-0.4, -0.2) is 10.00 Å². The predicted molar refractivity (Wildman–Crippen MR) is 98.3 cm³/mol. The Morgan fingerprint density at radius 1 is 1.13 bits per heavy atom. The van der Waals surface area contributed by atoms with Crippen molar-refractivity contribution < 1.29 is 4.42 Å². The fourth-order valence-corrected chi connectivity index (χ4v) is 9.02. The normalized spacial score (nSPS) is 36.8. The number of hydrogen-bond acceptors (Lipinski definition) is 4. The highest BCUT2D eigenvalue weighted by atomic mass is 32.2. The zero-order valence-corrected chi connectivity index (χ0v) is 15.4. The van der Waals surface area contributed by atoms with E-state index in [1.54, 1.807) is 0 Å². The van der Waals surface area contributed by atoms with Crippen molar-refractivity contribution in [3.05, 3.63) is 45.8 Å². The van der Waals surface area contributed by atoms with Gasteiger partial charge in [-0.15, -0.1) is 23.5 Å². The molecule has 0 saturated carbocycles. The molecule has 2 fully saturated rings. The molecule has 2 aliphatic heterocycles. The Labute approximate surface area is 144 Å². The molecule has 1 aliphatic carbocycles. The smallest absolute Gasteiger partial charge is 0.197 e. The van der Waals surface area contributed by atoms with Crippen LogP contribution in [0.5, 0.6) is 0 Å². The molecule has 2 saturated heterocycles. The number of benzene rings is 1. The van der Waals surface area contributed by atoms with E-state index in [2.05, 4.69) is 27.7 Å². The van der Waals surface area contributed by atoms with Crippen molar-refractivity contribution in [2.75, 3.05) is 0 Å². The molecule has 2 nitrogen and oxygen atoms in total. The van der Waals surface area contributed by atoms with E-state index >= 15 is 0 Å². The summed E-state index contributed by atoms with van der Waals surface area (Å²) >= 11 is 4.04. The molecule has 1 aromatic heterocycles. The molecule has 2 aromatic rings. The molecular weight excluding hydrogens is 324 g/mol. The van der Waals surface area contributed by atoms with Crippen molar-refractivity contribution in [1.29, 1.82) is 0 Å². The van der Waals surface area contributed by atoms with Gasteiger partial charge < -0.3 is 4.42 Å². The lowest BCUT2D eigenvalue weighted by Crippen LogP contribution is -2.43. The first kappa shape index (κ1) is 14.5. The van der Waals surface area contributed by atoms with E-state index in [4.69, 9.17) is 4.42 Å². The van der Waals surface area contributed by atoms with Gasteiger partial charge in [0.2, 0.25) is 0 Å². The van der Waals surface area contributed by atoms with Gasteiger partial charge in [-0.1, -0.05) is 39.8 Å². The number of hydrogen-bond donors (Lipinski definition) is 0. The van der Waals surface area contributed by atoms with E-state index in [0.717, 1.165) is 22.3 Å². The summed E-state index contributed by atoms with van der Waals surface area (Å²) < 4.78 is 6.43. The molecular formula is C19H20O2S2. The SMILES string of the molecule is CC(C)C12SC1(C(C)C)C1SC1c1oc3ccccc3c(=O)c12. The molecule has 120 valence electrons. The first-order chi connectivity index (χ1) is 10.9. The molecule has 0 radical (unpaired) electrons. The fraction of sp³-hybridized carbons (Fsp3) is 0.526. The molecule has 0 N–H and O–H groups in total. The molecule has 3 heterocycles. The number of para-hydroxylation sites is 1. The molecule has 4 heteroatoms. The van der Waals surface area contributed by atoms with Gasteiger partial charge in [-0.3, -0.25) is 4.79 Å². The van der Waals surface area contributed by atoms with Gasteiger partial charge >= 0.3 is 0 Å². The van der Waals surface area contributed by atoms with Crippen LogP contribution in [0.25, 0.3) is 11.0 Å². The summed E-state index contributed by atoms with van der Waals surface area (Å²) in [6.07, 6.45) is 0. The lowest BCUT2D eigenvalue weighted by molar-refractivity contribution is 0.308. The second-order valence-corrected chi connectivity index (χ2v) is 10.4. The van der Waals surface area contributed by atoms with E-state index in [1.165, 1.54) is 0 Å². The second-order valence-electron chi connectivity index (χ2n) is 7.58. The van der Waals surface area contributed by atoms with E-state index in [1.807, 2.05) is 47.8 Å². The van der Waals surface area contributed by atoms with Crippen LogP contribution in [0.2, 0.25) is 0 Å². The van der Waals surface area contributed by atoms with Crippen LogP contribution in [-0.2, 0) is 4.75 Å². The van der Waals surface area contributed by atoms with Crippen molar-refractivity contribution in [3.63, 3.8) is 0 Å². The monoisotopic (exact) mass is 344 g/mol. The summed E-state index contributed by atoms with van der Waals surface area (Å²) in [4.78, 5) is 13.4. The maximum Gasteiger partial charge on any atom is 0.197 e. The summed E-state index contributed by atoms with van der Waals surface area (Å²) in [6.45, 7) is 9.17. The van der Waals surface area contributed by atoms with Gasteiger partial charge in [0.1, 0.15) is 11.3 Å². The van der Waals surface area contributed by atoms with Crippen molar-refractivity contribution in [2.24, 2.45) is 11.8 Å². The lowest BCUT2D eigenvalue weighted by atomic mass is 9.67. The lowest BCUT2D eigenvalue weighted by Gasteiger charge is -2.33. The third-order valence-electron chi connectivity index (χ3n) is 5.91. The van der Waals surface area contributed by atoms with Crippen LogP contribution in [0.3, 0.4) is 0 Å². The average molecular weight is 345 g/mol. The third-order valence-corrected chi connectivity index (χ3v) is 9.98. The van der Waals surface area contributed by atoms with Crippen molar-refractivity contribution in [1.82, 2.24) is 0 Å². The molecule has 23 heavy (non-hydrogen) atoms. The molecule has 0 amide bonds. The minimum absolute atomic E-state index is 0.0637. The Morgan fingerprint density at radius 2 is 1.87 bits per heavy atom. The van der Waals surface area contributed by atoms with E-state index in [9.17, 15) is 4.79 Å². The third kappa shape index (κ3) is 1.45. The van der Waals surface area contributed by atoms with E-state index < -0.39 is 0 Å². The van der Waals surface area contributed by atoms with Crippen molar-refractivity contribution in [2.45, 2.75) is 47.7 Å². The average Bonchev–Trinajstić information content (AvgIpc) is 3.38. The minimum Gasteiger partial charge on any atom is -0.459 e. The number of thioether (sulfide) groups is 2. The van der Waals surface area contributed by atoms with Crippen LogP contribution >= 0.6 is 23.5 Å². The zero-order valence-electron chi connectivity index (χ0n) is 13.8. The molecule has 5 rings (SSSR count).